The van der Waals surface area contributed by atoms with Gasteiger partial charge in [-0.15, -0.1) is 0 Å². The molecule has 1 heterocycles. The molecule has 20 heavy (non-hydrogen) atoms. The second-order valence-corrected chi connectivity index (χ2v) is 5.16. The SMILES string of the molecule is CCn1ncc(Cl)c1CNC(=O)c1ccc(C)cc1C. The Balaban J connectivity index is 2.10. The monoisotopic (exact) mass is 291 g/mol. The summed E-state index contributed by atoms with van der Waals surface area (Å²) in [6, 6.07) is 5.78. The molecular weight excluding hydrogens is 274 g/mol. The van der Waals surface area contributed by atoms with Crippen LogP contribution in [-0.2, 0) is 13.1 Å². The summed E-state index contributed by atoms with van der Waals surface area (Å²) >= 11 is 6.07. The van der Waals surface area contributed by atoms with Crippen molar-refractivity contribution in [3.63, 3.8) is 0 Å². The molecule has 0 atom stereocenters. The molecule has 1 amide bonds. The molecule has 0 saturated heterocycles. The number of amides is 1. The van der Waals surface area contributed by atoms with E-state index in [1.54, 1.807) is 10.9 Å². The van der Waals surface area contributed by atoms with Crippen LogP contribution in [-0.4, -0.2) is 15.7 Å². The number of nitrogens with one attached hydrogen (secondary N) is 1. The predicted octanol–water partition coefficient (Wildman–Crippen LogP) is 3.10. The number of nitrogens with zero attached hydrogens (tertiary/aromatic N) is 2. The minimum atomic E-state index is -0.0950. The summed E-state index contributed by atoms with van der Waals surface area (Å²) in [7, 11) is 0. The minimum Gasteiger partial charge on any atom is -0.346 e. The van der Waals surface area contributed by atoms with Crippen LogP contribution in [0.3, 0.4) is 0 Å². The van der Waals surface area contributed by atoms with Crippen molar-refractivity contribution in [1.82, 2.24) is 15.1 Å². The predicted molar refractivity (Wildman–Crippen MR) is 80.0 cm³/mol. The van der Waals surface area contributed by atoms with Crippen LogP contribution < -0.4 is 5.32 Å². The van der Waals surface area contributed by atoms with Crippen molar-refractivity contribution in [3.8, 4) is 0 Å². The quantitative estimate of drug-likeness (QED) is 0.941. The fourth-order valence-corrected chi connectivity index (χ4v) is 2.37. The zero-order valence-corrected chi connectivity index (χ0v) is 12.7. The Bertz CT molecular complexity index is 634. The standard InChI is InChI=1S/C15H18ClN3O/c1-4-19-14(13(16)8-18-19)9-17-15(20)12-6-5-10(2)7-11(12)3/h5-8H,4,9H2,1-3H3,(H,17,20). The number of hydrogen-bond acceptors (Lipinski definition) is 2. The van der Waals surface area contributed by atoms with Crippen LogP contribution >= 0.6 is 11.6 Å². The highest BCUT2D eigenvalue weighted by atomic mass is 35.5. The van der Waals surface area contributed by atoms with Gasteiger partial charge in [0.15, 0.2) is 0 Å². The molecule has 1 aromatic heterocycles. The van der Waals surface area contributed by atoms with Crippen molar-refractivity contribution in [3.05, 3.63) is 51.8 Å². The fraction of sp³-hybridized carbons (Fsp3) is 0.333. The van der Waals surface area contributed by atoms with E-state index < -0.39 is 0 Å². The van der Waals surface area contributed by atoms with Gasteiger partial charge in [0.1, 0.15) is 0 Å². The molecule has 0 aliphatic rings. The van der Waals surface area contributed by atoms with Gasteiger partial charge in [0.05, 0.1) is 23.5 Å². The van der Waals surface area contributed by atoms with E-state index in [0.29, 0.717) is 17.1 Å². The van der Waals surface area contributed by atoms with E-state index >= 15 is 0 Å². The number of aryl methyl sites for hydroxylation is 3. The lowest BCUT2D eigenvalue weighted by atomic mass is 10.1. The first-order valence-corrected chi connectivity index (χ1v) is 6.96. The van der Waals surface area contributed by atoms with Gasteiger partial charge in [-0.2, -0.15) is 5.10 Å². The highest BCUT2D eigenvalue weighted by Crippen LogP contribution is 2.15. The van der Waals surface area contributed by atoms with Crippen LogP contribution in [0, 0.1) is 13.8 Å². The molecular formula is C15H18ClN3O. The van der Waals surface area contributed by atoms with Crippen molar-refractivity contribution >= 4 is 17.5 Å². The van der Waals surface area contributed by atoms with Crippen molar-refractivity contribution in [2.75, 3.05) is 0 Å². The van der Waals surface area contributed by atoms with Gasteiger partial charge in [-0.25, -0.2) is 0 Å². The lowest BCUT2D eigenvalue weighted by molar-refractivity contribution is 0.0949. The number of carbonyl (C=O) groups excluding carboxylic acids is 1. The second kappa shape index (κ2) is 6.09. The summed E-state index contributed by atoms with van der Waals surface area (Å²) in [5.74, 6) is -0.0950. The molecule has 0 spiro atoms. The average molecular weight is 292 g/mol. The number of halogens is 1. The molecule has 106 valence electrons. The molecule has 1 aromatic carbocycles. The molecule has 0 aliphatic carbocycles. The molecule has 0 unspecified atom stereocenters. The molecule has 5 heteroatoms. The van der Waals surface area contributed by atoms with E-state index in [0.717, 1.165) is 23.4 Å². The zero-order valence-electron chi connectivity index (χ0n) is 11.9. The van der Waals surface area contributed by atoms with Gasteiger partial charge in [-0.1, -0.05) is 29.3 Å². The van der Waals surface area contributed by atoms with E-state index in [9.17, 15) is 4.79 Å². The average Bonchev–Trinajstić information content (AvgIpc) is 2.76. The molecule has 2 aromatic rings. The van der Waals surface area contributed by atoms with Crippen molar-refractivity contribution in [2.45, 2.75) is 33.9 Å². The summed E-state index contributed by atoms with van der Waals surface area (Å²) in [5.41, 5.74) is 3.63. The van der Waals surface area contributed by atoms with Gasteiger partial charge >= 0.3 is 0 Å². The van der Waals surface area contributed by atoms with Crippen LogP contribution in [0.25, 0.3) is 0 Å². The van der Waals surface area contributed by atoms with E-state index in [1.807, 2.05) is 39.0 Å². The largest absolute Gasteiger partial charge is 0.346 e. The highest BCUT2D eigenvalue weighted by Gasteiger charge is 2.12. The third kappa shape index (κ3) is 3.02. The first kappa shape index (κ1) is 14.6. The van der Waals surface area contributed by atoms with Crippen LogP contribution in [0.2, 0.25) is 5.02 Å². The van der Waals surface area contributed by atoms with Crippen LogP contribution in [0.1, 0.15) is 34.1 Å². The van der Waals surface area contributed by atoms with Gasteiger partial charge < -0.3 is 5.32 Å². The van der Waals surface area contributed by atoms with Crippen molar-refractivity contribution in [1.29, 1.82) is 0 Å². The third-order valence-corrected chi connectivity index (χ3v) is 3.56. The van der Waals surface area contributed by atoms with Crippen LogP contribution in [0.5, 0.6) is 0 Å². The van der Waals surface area contributed by atoms with Crippen LogP contribution in [0.15, 0.2) is 24.4 Å². The Morgan fingerprint density at radius 2 is 2.15 bits per heavy atom. The van der Waals surface area contributed by atoms with Crippen LogP contribution in [0.4, 0.5) is 0 Å². The Morgan fingerprint density at radius 1 is 1.40 bits per heavy atom. The first-order valence-electron chi connectivity index (χ1n) is 6.58. The first-order chi connectivity index (χ1) is 9.52. The Labute approximate surface area is 123 Å². The second-order valence-electron chi connectivity index (χ2n) is 4.76. The van der Waals surface area contributed by atoms with E-state index in [2.05, 4.69) is 10.4 Å². The lowest BCUT2D eigenvalue weighted by Crippen LogP contribution is -2.25. The molecule has 0 fully saturated rings. The molecule has 0 radical (unpaired) electrons. The number of rotatable bonds is 4. The third-order valence-electron chi connectivity index (χ3n) is 3.24. The van der Waals surface area contributed by atoms with Gasteiger partial charge in [-0.3, -0.25) is 9.48 Å². The number of aromatic nitrogens is 2. The summed E-state index contributed by atoms with van der Waals surface area (Å²) in [6.45, 7) is 7.03. The Morgan fingerprint density at radius 3 is 2.80 bits per heavy atom. The number of hydrogen-bond donors (Lipinski definition) is 1. The summed E-state index contributed by atoms with van der Waals surface area (Å²) < 4.78 is 1.78. The van der Waals surface area contributed by atoms with Gasteiger partial charge in [0.2, 0.25) is 0 Å². The molecule has 0 aliphatic heterocycles. The maximum Gasteiger partial charge on any atom is 0.251 e. The van der Waals surface area contributed by atoms with E-state index in [4.69, 9.17) is 11.6 Å². The highest BCUT2D eigenvalue weighted by molar-refractivity contribution is 6.31. The summed E-state index contributed by atoms with van der Waals surface area (Å²) in [5, 5.41) is 7.62. The number of carbonyl (C=O) groups is 1. The zero-order chi connectivity index (χ0) is 14.7. The van der Waals surface area contributed by atoms with Gasteiger partial charge in [0, 0.05) is 12.1 Å². The fourth-order valence-electron chi connectivity index (χ4n) is 2.16. The van der Waals surface area contributed by atoms with E-state index in [1.165, 1.54) is 0 Å². The lowest BCUT2D eigenvalue weighted by Gasteiger charge is -2.10. The molecule has 0 saturated carbocycles. The van der Waals surface area contributed by atoms with E-state index in [-0.39, 0.29) is 5.91 Å². The van der Waals surface area contributed by atoms with Crippen molar-refractivity contribution in [2.24, 2.45) is 0 Å². The molecule has 1 N–H and O–H groups in total. The Hall–Kier alpha value is -1.81. The maximum atomic E-state index is 12.2. The smallest absolute Gasteiger partial charge is 0.251 e. The van der Waals surface area contributed by atoms with Gasteiger partial charge in [-0.05, 0) is 32.4 Å². The topological polar surface area (TPSA) is 46.9 Å². The number of benzene rings is 1. The maximum absolute atomic E-state index is 12.2. The molecule has 2 rings (SSSR count). The summed E-state index contributed by atoms with van der Waals surface area (Å²) in [4.78, 5) is 12.2. The normalized spacial score (nSPS) is 10.6. The van der Waals surface area contributed by atoms with Crippen molar-refractivity contribution < 1.29 is 4.79 Å². The molecule has 4 nitrogen and oxygen atoms in total. The molecule has 0 bridgehead atoms. The van der Waals surface area contributed by atoms with Gasteiger partial charge in [0.25, 0.3) is 5.91 Å². The summed E-state index contributed by atoms with van der Waals surface area (Å²) in [6.07, 6.45) is 1.60. The Kier molecular flexibility index (Phi) is 4.45. The minimum absolute atomic E-state index is 0.0950.